The number of carbonyl (C=O) groups excluding carboxylic acids is 2. The monoisotopic (exact) mass is 373 g/mol. The molecule has 1 fully saturated rings. The molecule has 1 amide bonds. The molecule has 1 aromatic rings. The third-order valence-corrected chi connectivity index (χ3v) is 4.98. The van der Waals surface area contributed by atoms with E-state index in [1.165, 1.54) is 14.0 Å². The van der Waals surface area contributed by atoms with Gasteiger partial charge in [0.2, 0.25) is 5.91 Å². The zero-order valence-electron chi connectivity index (χ0n) is 16.9. The van der Waals surface area contributed by atoms with Crippen molar-refractivity contribution in [3.05, 3.63) is 40.9 Å². The first kappa shape index (κ1) is 21.2. The molecule has 1 aliphatic heterocycles. The fourth-order valence-corrected chi connectivity index (χ4v) is 2.67. The van der Waals surface area contributed by atoms with Crippen LogP contribution in [-0.4, -0.2) is 43.9 Å². The van der Waals surface area contributed by atoms with Crippen molar-refractivity contribution in [3.8, 4) is 0 Å². The molecule has 0 unspecified atom stereocenters. The van der Waals surface area contributed by atoms with E-state index in [4.69, 9.17) is 14.0 Å². The molecule has 2 rings (SSSR count). The van der Waals surface area contributed by atoms with Crippen LogP contribution >= 0.6 is 0 Å². The van der Waals surface area contributed by atoms with E-state index < -0.39 is 18.3 Å². The summed E-state index contributed by atoms with van der Waals surface area (Å²) in [4.78, 5) is 22.9. The minimum absolute atomic E-state index is 0.128. The molecule has 27 heavy (non-hydrogen) atoms. The molecule has 0 radical (unpaired) electrons. The molecular formula is C20H28BNO5. The normalized spacial score (nSPS) is 18.3. The average molecular weight is 373 g/mol. The number of esters is 1. The summed E-state index contributed by atoms with van der Waals surface area (Å²) >= 11 is 0. The van der Waals surface area contributed by atoms with Crippen molar-refractivity contribution >= 4 is 25.1 Å². The topological polar surface area (TPSA) is 73.9 Å². The second-order valence-corrected chi connectivity index (χ2v) is 7.72. The standard InChI is InChI=1S/C20H28BNO5/c1-14(23)22-13-17(21-26-19(2,3)20(4,5)27-21)11-15-8-7-9-16(10-15)12-18(24)25-6/h7-11H,12-13H2,1-6H3,(H,22,23). The Kier molecular flexibility index (Phi) is 6.49. The highest BCUT2D eigenvalue weighted by molar-refractivity contribution is 6.56. The van der Waals surface area contributed by atoms with E-state index in [1.807, 2.05) is 58.0 Å². The maximum atomic E-state index is 11.5. The maximum Gasteiger partial charge on any atom is 0.492 e. The molecular weight excluding hydrogens is 345 g/mol. The van der Waals surface area contributed by atoms with Crippen molar-refractivity contribution in [2.75, 3.05) is 13.7 Å². The highest BCUT2D eigenvalue weighted by atomic mass is 16.7. The Bertz CT molecular complexity index is 726. The van der Waals surface area contributed by atoms with Gasteiger partial charge in [0, 0.05) is 13.5 Å². The molecule has 0 atom stereocenters. The Morgan fingerprint density at radius 2 is 1.81 bits per heavy atom. The number of methoxy groups -OCH3 is 1. The number of amides is 1. The molecule has 1 saturated heterocycles. The quantitative estimate of drug-likeness (QED) is 0.613. The minimum atomic E-state index is -0.564. The van der Waals surface area contributed by atoms with Crippen molar-refractivity contribution in [1.82, 2.24) is 5.32 Å². The van der Waals surface area contributed by atoms with Crippen LogP contribution in [0.15, 0.2) is 29.7 Å². The fraction of sp³-hybridized carbons (Fsp3) is 0.500. The van der Waals surface area contributed by atoms with Crippen molar-refractivity contribution in [2.45, 2.75) is 52.2 Å². The molecule has 0 aromatic heterocycles. The summed E-state index contributed by atoms with van der Waals surface area (Å²) in [5.74, 6) is -0.419. The molecule has 6 nitrogen and oxygen atoms in total. The van der Waals surface area contributed by atoms with Crippen LogP contribution in [0, 0.1) is 0 Å². The van der Waals surface area contributed by atoms with E-state index in [0.29, 0.717) is 6.54 Å². The third-order valence-electron chi connectivity index (χ3n) is 4.98. The van der Waals surface area contributed by atoms with E-state index in [2.05, 4.69) is 5.32 Å². The molecule has 1 heterocycles. The van der Waals surface area contributed by atoms with E-state index in [9.17, 15) is 9.59 Å². The summed E-state index contributed by atoms with van der Waals surface area (Å²) in [6, 6.07) is 7.59. The minimum Gasteiger partial charge on any atom is -0.469 e. The molecule has 0 aliphatic carbocycles. The van der Waals surface area contributed by atoms with Gasteiger partial charge < -0.3 is 19.4 Å². The first-order valence-electron chi connectivity index (χ1n) is 9.00. The van der Waals surface area contributed by atoms with Crippen LogP contribution < -0.4 is 5.32 Å². The second-order valence-electron chi connectivity index (χ2n) is 7.72. The number of rotatable bonds is 6. The summed E-state index contributed by atoms with van der Waals surface area (Å²) in [6.45, 7) is 9.73. The summed E-state index contributed by atoms with van der Waals surface area (Å²) in [7, 11) is 0.807. The van der Waals surface area contributed by atoms with E-state index in [1.54, 1.807) is 0 Å². The Hall–Kier alpha value is -2.12. The number of carbonyl (C=O) groups is 2. The highest BCUT2D eigenvalue weighted by Crippen LogP contribution is 2.38. The summed E-state index contributed by atoms with van der Waals surface area (Å²) in [5.41, 5.74) is 1.60. The Balaban J connectivity index is 2.30. The summed E-state index contributed by atoms with van der Waals surface area (Å²) in [6.07, 6.45) is 2.13. The van der Waals surface area contributed by atoms with Crippen LogP contribution in [0.2, 0.25) is 0 Å². The number of benzene rings is 1. The lowest BCUT2D eigenvalue weighted by Gasteiger charge is -2.32. The lowest BCUT2D eigenvalue weighted by atomic mass is 9.77. The van der Waals surface area contributed by atoms with Gasteiger partial charge in [-0.15, -0.1) is 0 Å². The fourth-order valence-electron chi connectivity index (χ4n) is 2.67. The number of hydrogen-bond donors (Lipinski definition) is 1. The third kappa shape index (κ3) is 5.43. The lowest BCUT2D eigenvalue weighted by Crippen LogP contribution is -2.41. The number of hydrogen-bond acceptors (Lipinski definition) is 5. The molecule has 146 valence electrons. The van der Waals surface area contributed by atoms with Gasteiger partial charge in [-0.25, -0.2) is 0 Å². The second kappa shape index (κ2) is 8.27. The van der Waals surface area contributed by atoms with E-state index in [0.717, 1.165) is 16.6 Å². The Morgan fingerprint density at radius 1 is 1.19 bits per heavy atom. The van der Waals surface area contributed by atoms with Crippen LogP contribution in [0.3, 0.4) is 0 Å². The van der Waals surface area contributed by atoms with Gasteiger partial charge in [-0.1, -0.05) is 30.3 Å². The van der Waals surface area contributed by atoms with Crippen molar-refractivity contribution in [3.63, 3.8) is 0 Å². The molecule has 7 heteroatoms. The lowest BCUT2D eigenvalue weighted by molar-refractivity contribution is -0.139. The van der Waals surface area contributed by atoms with Gasteiger partial charge in [0.05, 0.1) is 24.7 Å². The van der Waals surface area contributed by atoms with Crippen molar-refractivity contribution in [1.29, 1.82) is 0 Å². The molecule has 0 spiro atoms. The van der Waals surface area contributed by atoms with Gasteiger partial charge in [-0.2, -0.15) is 0 Å². The SMILES string of the molecule is COC(=O)Cc1cccc(C=C(CNC(C)=O)B2OC(C)(C)C(C)(C)O2)c1. The van der Waals surface area contributed by atoms with Crippen LogP contribution in [0.1, 0.15) is 45.7 Å². The van der Waals surface area contributed by atoms with Crippen LogP contribution in [0.25, 0.3) is 6.08 Å². The van der Waals surface area contributed by atoms with Gasteiger partial charge in [0.1, 0.15) is 0 Å². The molecule has 0 bridgehead atoms. The average Bonchev–Trinajstić information content (AvgIpc) is 2.79. The molecule has 1 aliphatic rings. The Labute approximate surface area is 161 Å². The molecule has 1 aromatic carbocycles. The van der Waals surface area contributed by atoms with E-state index >= 15 is 0 Å². The number of nitrogens with one attached hydrogen (secondary N) is 1. The van der Waals surface area contributed by atoms with Crippen LogP contribution in [0.4, 0.5) is 0 Å². The zero-order chi connectivity index (χ0) is 20.2. The predicted octanol–water partition coefficient (Wildman–Crippen LogP) is 2.55. The van der Waals surface area contributed by atoms with E-state index in [-0.39, 0.29) is 18.3 Å². The smallest absolute Gasteiger partial charge is 0.469 e. The molecule has 1 N–H and O–H groups in total. The van der Waals surface area contributed by atoms with Crippen molar-refractivity contribution in [2.24, 2.45) is 0 Å². The van der Waals surface area contributed by atoms with Crippen LogP contribution in [0.5, 0.6) is 0 Å². The van der Waals surface area contributed by atoms with Gasteiger partial charge in [-0.3, -0.25) is 9.59 Å². The summed E-state index contributed by atoms with van der Waals surface area (Å²) < 4.78 is 17.0. The first-order valence-corrected chi connectivity index (χ1v) is 9.00. The van der Waals surface area contributed by atoms with Gasteiger partial charge >= 0.3 is 13.1 Å². The largest absolute Gasteiger partial charge is 0.492 e. The number of ether oxygens (including phenoxy) is 1. The molecule has 0 saturated carbocycles. The van der Waals surface area contributed by atoms with Crippen molar-refractivity contribution < 1.29 is 23.6 Å². The van der Waals surface area contributed by atoms with Crippen LogP contribution in [-0.2, 0) is 30.1 Å². The van der Waals surface area contributed by atoms with Gasteiger partial charge in [-0.05, 0) is 44.3 Å². The highest BCUT2D eigenvalue weighted by Gasteiger charge is 2.52. The van der Waals surface area contributed by atoms with Gasteiger partial charge in [0.25, 0.3) is 0 Å². The first-order chi connectivity index (χ1) is 12.5. The zero-order valence-corrected chi connectivity index (χ0v) is 16.9. The van der Waals surface area contributed by atoms with Gasteiger partial charge in [0.15, 0.2) is 0 Å². The Morgan fingerprint density at radius 3 is 2.37 bits per heavy atom. The summed E-state index contributed by atoms with van der Waals surface area (Å²) in [5, 5.41) is 2.81. The predicted molar refractivity (Wildman–Crippen MR) is 105 cm³/mol. The maximum absolute atomic E-state index is 11.5.